The Morgan fingerprint density at radius 3 is 2.69 bits per heavy atom. The van der Waals surface area contributed by atoms with Gasteiger partial charge in [0, 0.05) is 57.3 Å². The van der Waals surface area contributed by atoms with Crippen molar-refractivity contribution in [1.82, 2.24) is 24.9 Å². The van der Waals surface area contributed by atoms with Gasteiger partial charge in [0.15, 0.2) is 5.96 Å². The van der Waals surface area contributed by atoms with Crippen LogP contribution in [0.2, 0.25) is 0 Å². The van der Waals surface area contributed by atoms with E-state index in [0.29, 0.717) is 12.5 Å². The zero-order valence-corrected chi connectivity index (χ0v) is 17.2. The lowest BCUT2D eigenvalue weighted by Crippen LogP contribution is -2.41. The molecular formula is C20H26N6O2S. The number of benzene rings is 1. The first-order valence-electron chi connectivity index (χ1n) is 9.48. The van der Waals surface area contributed by atoms with E-state index in [1.807, 2.05) is 12.1 Å². The monoisotopic (exact) mass is 414 g/mol. The van der Waals surface area contributed by atoms with Crippen molar-refractivity contribution in [3.63, 3.8) is 0 Å². The standard InChI is InChI=1S/C20H26N6O2S/c1-21-20(24-12-13-25-29(27,28)18-7-4-10-22-16-18)23-11-5-14-26-15-9-17-6-2-3-8-19(17)26/h2-4,6-10,15-16,25H,5,11-14H2,1H3,(H2,21,23,24). The Balaban J connectivity index is 1.36. The lowest BCUT2D eigenvalue weighted by molar-refractivity contribution is 0.580. The Kier molecular flexibility index (Phi) is 7.20. The minimum absolute atomic E-state index is 0.153. The molecule has 9 heteroatoms. The molecule has 29 heavy (non-hydrogen) atoms. The number of sulfonamides is 1. The van der Waals surface area contributed by atoms with Crippen molar-refractivity contribution in [2.24, 2.45) is 4.99 Å². The third-order valence-electron chi connectivity index (χ3n) is 4.43. The number of para-hydroxylation sites is 1. The highest BCUT2D eigenvalue weighted by molar-refractivity contribution is 7.89. The summed E-state index contributed by atoms with van der Waals surface area (Å²) in [5.74, 6) is 0.642. The molecular weight excluding hydrogens is 388 g/mol. The van der Waals surface area contributed by atoms with E-state index in [1.54, 1.807) is 13.1 Å². The molecule has 0 saturated carbocycles. The minimum Gasteiger partial charge on any atom is -0.356 e. The van der Waals surface area contributed by atoms with E-state index in [0.717, 1.165) is 19.5 Å². The number of aryl methyl sites for hydroxylation is 1. The zero-order valence-electron chi connectivity index (χ0n) is 16.4. The Morgan fingerprint density at radius 2 is 1.90 bits per heavy atom. The molecule has 0 radical (unpaired) electrons. The number of pyridine rings is 1. The summed E-state index contributed by atoms with van der Waals surface area (Å²) in [6, 6.07) is 13.5. The van der Waals surface area contributed by atoms with E-state index >= 15 is 0 Å². The van der Waals surface area contributed by atoms with Crippen LogP contribution in [-0.4, -0.2) is 50.6 Å². The SMILES string of the molecule is CN=C(NCCCn1ccc2ccccc21)NCCNS(=O)(=O)c1cccnc1. The molecule has 0 saturated heterocycles. The van der Waals surface area contributed by atoms with E-state index in [2.05, 4.69) is 54.3 Å². The first kappa shape index (κ1) is 20.8. The Bertz CT molecular complexity index is 1050. The van der Waals surface area contributed by atoms with E-state index in [9.17, 15) is 8.42 Å². The van der Waals surface area contributed by atoms with E-state index in [-0.39, 0.29) is 11.4 Å². The van der Waals surface area contributed by atoms with Crippen molar-refractivity contribution in [2.75, 3.05) is 26.7 Å². The topological polar surface area (TPSA) is 100 Å². The van der Waals surface area contributed by atoms with Crippen molar-refractivity contribution in [1.29, 1.82) is 0 Å². The van der Waals surface area contributed by atoms with Crippen LogP contribution in [0.4, 0.5) is 0 Å². The summed E-state index contributed by atoms with van der Waals surface area (Å²) in [7, 11) is -1.86. The maximum atomic E-state index is 12.1. The molecule has 2 aromatic heterocycles. The first-order chi connectivity index (χ1) is 14.1. The second-order valence-corrected chi connectivity index (χ2v) is 8.20. The first-order valence-corrected chi connectivity index (χ1v) is 11.0. The molecule has 0 aliphatic rings. The molecule has 0 aliphatic heterocycles. The number of nitrogens with zero attached hydrogens (tertiary/aromatic N) is 3. The molecule has 0 atom stereocenters. The van der Waals surface area contributed by atoms with Gasteiger partial charge in [0.1, 0.15) is 4.90 Å². The Labute approximate surface area is 171 Å². The number of rotatable bonds is 9. The van der Waals surface area contributed by atoms with Gasteiger partial charge in [-0.05, 0) is 36.1 Å². The smallest absolute Gasteiger partial charge is 0.242 e. The number of hydrogen-bond acceptors (Lipinski definition) is 4. The van der Waals surface area contributed by atoms with E-state index in [1.165, 1.54) is 29.4 Å². The number of guanidine groups is 1. The molecule has 1 aromatic carbocycles. The van der Waals surface area contributed by atoms with Crippen LogP contribution in [0.5, 0.6) is 0 Å². The Hall–Kier alpha value is -2.91. The molecule has 3 aromatic rings. The lowest BCUT2D eigenvalue weighted by atomic mass is 10.2. The predicted molar refractivity (Wildman–Crippen MR) is 115 cm³/mol. The van der Waals surface area contributed by atoms with Gasteiger partial charge in [-0.15, -0.1) is 0 Å². The summed E-state index contributed by atoms with van der Waals surface area (Å²) in [6.07, 6.45) is 5.90. The molecule has 2 heterocycles. The van der Waals surface area contributed by atoms with Crippen LogP contribution in [0.25, 0.3) is 10.9 Å². The van der Waals surface area contributed by atoms with Crippen LogP contribution in [0, 0.1) is 0 Å². The maximum Gasteiger partial charge on any atom is 0.242 e. The van der Waals surface area contributed by atoms with Gasteiger partial charge < -0.3 is 15.2 Å². The second-order valence-electron chi connectivity index (χ2n) is 6.43. The maximum absolute atomic E-state index is 12.1. The fourth-order valence-corrected chi connectivity index (χ4v) is 3.96. The summed E-state index contributed by atoms with van der Waals surface area (Å²) in [5, 5.41) is 7.60. The lowest BCUT2D eigenvalue weighted by Gasteiger charge is -2.13. The summed E-state index contributed by atoms with van der Waals surface area (Å²) < 4.78 is 29.0. The highest BCUT2D eigenvalue weighted by Crippen LogP contribution is 2.15. The van der Waals surface area contributed by atoms with Gasteiger partial charge in [-0.3, -0.25) is 9.98 Å². The minimum atomic E-state index is -3.54. The molecule has 8 nitrogen and oxygen atoms in total. The summed E-state index contributed by atoms with van der Waals surface area (Å²) >= 11 is 0. The van der Waals surface area contributed by atoms with Crippen molar-refractivity contribution in [3.8, 4) is 0 Å². The van der Waals surface area contributed by atoms with Gasteiger partial charge in [-0.1, -0.05) is 18.2 Å². The third kappa shape index (κ3) is 5.78. The molecule has 0 fully saturated rings. The molecule has 3 rings (SSSR count). The summed E-state index contributed by atoms with van der Waals surface area (Å²) in [5.41, 5.74) is 1.23. The van der Waals surface area contributed by atoms with Gasteiger partial charge in [0.25, 0.3) is 0 Å². The second kappa shape index (κ2) is 10.0. The van der Waals surface area contributed by atoms with Crippen LogP contribution < -0.4 is 15.4 Å². The normalized spacial score (nSPS) is 12.2. The number of aliphatic imine (C=N–C) groups is 1. The van der Waals surface area contributed by atoms with Crippen LogP contribution in [0.1, 0.15) is 6.42 Å². The quantitative estimate of drug-likeness (QED) is 0.280. The van der Waals surface area contributed by atoms with Crippen molar-refractivity contribution in [3.05, 3.63) is 61.1 Å². The number of fused-ring (bicyclic) bond motifs is 1. The van der Waals surface area contributed by atoms with Crippen molar-refractivity contribution >= 4 is 26.9 Å². The fraction of sp³-hybridized carbons (Fsp3) is 0.300. The van der Waals surface area contributed by atoms with Crippen LogP contribution in [-0.2, 0) is 16.6 Å². The summed E-state index contributed by atoms with van der Waals surface area (Å²) in [4.78, 5) is 8.15. The molecule has 154 valence electrons. The average Bonchev–Trinajstić information content (AvgIpc) is 3.16. The van der Waals surface area contributed by atoms with Gasteiger partial charge in [0.2, 0.25) is 10.0 Å². The van der Waals surface area contributed by atoms with E-state index in [4.69, 9.17) is 0 Å². The van der Waals surface area contributed by atoms with Crippen LogP contribution in [0.15, 0.2) is 70.9 Å². The largest absolute Gasteiger partial charge is 0.356 e. The zero-order chi connectivity index (χ0) is 20.5. The average molecular weight is 415 g/mol. The van der Waals surface area contributed by atoms with E-state index < -0.39 is 10.0 Å². The van der Waals surface area contributed by atoms with Crippen LogP contribution in [0.3, 0.4) is 0 Å². The molecule has 0 amide bonds. The highest BCUT2D eigenvalue weighted by Gasteiger charge is 2.12. The summed E-state index contributed by atoms with van der Waals surface area (Å²) in [6.45, 7) is 2.32. The molecule has 0 spiro atoms. The van der Waals surface area contributed by atoms with Crippen LogP contribution >= 0.6 is 0 Å². The number of hydrogen-bond donors (Lipinski definition) is 3. The molecule has 0 unspecified atom stereocenters. The van der Waals surface area contributed by atoms with Gasteiger partial charge in [0.05, 0.1) is 0 Å². The highest BCUT2D eigenvalue weighted by atomic mass is 32.2. The third-order valence-corrected chi connectivity index (χ3v) is 5.87. The molecule has 0 aliphatic carbocycles. The predicted octanol–water partition coefficient (Wildman–Crippen LogP) is 1.57. The number of aromatic nitrogens is 2. The Morgan fingerprint density at radius 1 is 1.07 bits per heavy atom. The molecule has 0 bridgehead atoms. The van der Waals surface area contributed by atoms with Gasteiger partial charge in [-0.25, -0.2) is 13.1 Å². The fourth-order valence-electron chi connectivity index (χ4n) is 2.97. The van der Waals surface area contributed by atoms with Crippen molar-refractivity contribution < 1.29 is 8.42 Å². The molecule has 3 N–H and O–H groups in total. The van der Waals surface area contributed by atoms with Gasteiger partial charge >= 0.3 is 0 Å². The number of nitrogens with one attached hydrogen (secondary N) is 3. The van der Waals surface area contributed by atoms with Gasteiger partial charge in [-0.2, -0.15) is 0 Å². The van der Waals surface area contributed by atoms with Crippen molar-refractivity contribution in [2.45, 2.75) is 17.9 Å².